The summed E-state index contributed by atoms with van der Waals surface area (Å²) in [5.41, 5.74) is 16.2. The topological polar surface area (TPSA) is 89.1 Å². The predicted octanol–water partition coefficient (Wildman–Crippen LogP) is 21.4. The molecule has 8 nitrogen and oxygen atoms in total. The molecule has 2 heterocycles. The van der Waals surface area contributed by atoms with Gasteiger partial charge in [-0.1, -0.05) is 196 Å². The third kappa shape index (κ3) is 13.8. The molecule has 0 fully saturated rings. The summed E-state index contributed by atoms with van der Waals surface area (Å²) in [5, 5.41) is 9.50. The van der Waals surface area contributed by atoms with Crippen molar-refractivity contribution in [1.29, 1.82) is 0 Å². The highest BCUT2D eigenvalue weighted by Gasteiger charge is 2.48. The van der Waals surface area contributed by atoms with Crippen LogP contribution in [0.1, 0.15) is 169 Å². The summed E-state index contributed by atoms with van der Waals surface area (Å²) in [6, 6.07) is 58.0. The molecule has 1 N–H and O–H groups in total. The number of aliphatic carboxylic acids is 1. The van der Waals surface area contributed by atoms with E-state index in [1.165, 1.54) is 152 Å². The number of carbonyl (C=O) groups is 1. The highest BCUT2D eigenvalue weighted by Crippen LogP contribution is 2.61. The Morgan fingerprint density at radius 2 is 1.02 bits per heavy atom. The number of fused-ring (bicyclic) bond motifs is 4. The smallest absolute Gasteiger partial charge is 0.333 e. The van der Waals surface area contributed by atoms with E-state index in [2.05, 4.69) is 171 Å². The molecule has 0 radical (unpaired) electrons. The molecular formula is C75H80N4O4S2. The number of ether oxygens (including phenoxy) is 2. The summed E-state index contributed by atoms with van der Waals surface area (Å²) in [7, 11) is 0. The lowest BCUT2D eigenvalue weighted by atomic mass is 9.67. The Bertz CT molecular complexity index is 3590. The van der Waals surface area contributed by atoms with Crippen molar-refractivity contribution in [2.45, 2.75) is 149 Å². The van der Waals surface area contributed by atoms with Gasteiger partial charge in [0.1, 0.15) is 22.5 Å². The fraction of sp³-hybridized carbons (Fsp3) is 0.333. The fourth-order valence-corrected chi connectivity index (χ4v) is 14.0. The molecule has 7 aromatic carbocycles. The first-order valence-corrected chi connectivity index (χ1v) is 32.7. The molecule has 0 saturated heterocycles. The Morgan fingerprint density at radius 1 is 0.541 bits per heavy atom. The maximum atomic E-state index is 11.6. The lowest BCUT2D eigenvalue weighted by molar-refractivity contribution is -0.132. The Balaban J connectivity index is 1.12. The third-order valence-electron chi connectivity index (χ3n) is 16.7. The van der Waals surface area contributed by atoms with Gasteiger partial charge in [-0.25, -0.2) is 4.85 Å². The monoisotopic (exact) mass is 1160 g/mol. The maximum Gasteiger partial charge on any atom is 0.333 e. The van der Waals surface area contributed by atoms with Gasteiger partial charge in [0, 0.05) is 37.9 Å². The second-order valence-corrected chi connectivity index (χ2v) is 24.3. The normalized spacial score (nSPS) is 12.5. The zero-order valence-corrected chi connectivity index (χ0v) is 51.6. The first-order chi connectivity index (χ1) is 41.8. The van der Waals surface area contributed by atoms with Gasteiger partial charge in [0.25, 0.3) is 5.70 Å². The van der Waals surface area contributed by atoms with Gasteiger partial charge < -0.3 is 19.5 Å². The second-order valence-electron chi connectivity index (χ2n) is 22.7. The van der Waals surface area contributed by atoms with Crippen LogP contribution in [0, 0.1) is 6.57 Å². The molecule has 1 aliphatic carbocycles. The number of hydrogen-bond donors (Lipinski definition) is 1. The summed E-state index contributed by atoms with van der Waals surface area (Å²) in [4.78, 5) is 19.6. The predicted molar refractivity (Wildman–Crippen MR) is 355 cm³/mol. The summed E-state index contributed by atoms with van der Waals surface area (Å²) in [6.45, 7) is 17.8. The standard InChI is InChI=1S/C75H80N4O4S2/c1-6-10-14-18-22-53-26-32-57(33-27-53)75(58-34-28-54(29-35-58)23-19-15-11-7-2)67-51-61(79(59-36-41-62(42-37-59)82-48-20-16-12-8-3)60-38-43-63(44-39-60)83-49-21-17-13-9-4)40-45-65(67)73-68(75)52-70(84-73)66-47-46-64(71-72(66)78-85-77-71)56-30-24-55(25-31-56)50-69(76-5)74(80)81/h24-47,50-52H,6-23,48-49H2,1-4H3,(H,80,81)/b69-50-. The number of rotatable bonds is 31. The van der Waals surface area contributed by atoms with E-state index < -0.39 is 11.4 Å². The Morgan fingerprint density at radius 3 is 1.53 bits per heavy atom. The number of carboxylic acid groups (broad SMARTS) is 1. The van der Waals surface area contributed by atoms with Crippen LogP contribution in [0.5, 0.6) is 11.5 Å². The molecule has 10 heteroatoms. The van der Waals surface area contributed by atoms with E-state index in [0.29, 0.717) is 18.8 Å². The Labute approximate surface area is 512 Å². The van der Waals surface area contributed by atoms with Crippen molar-refractivity contribution in [2.75, 3.05) is 18.1 Å². The number of aryl methyl sites for hydroxylation is 2. The molecule has 9 aromatic rings. The van der Waals surface area contributed by atoms with Crippen molar-refractivity contribution >= 4 is 63.2 Å². The molecule has 0 aliphatic heterocycles. The lowest BCUT2D eigenvalue weighted by Crippen LogP contribution is -2.28. The minimum absolute atomic E-state index is 0.329. The molecule has 0 atom stereocenters. The lowest BCUT2D eigenvalue weighted by Gasteiger charge is -2.35. The van der Waals surface area contributed by atoms with E-state index in [-0.39, 0.29) is 5.70 Å². The van der Waals surface area contributed by atoms with E-state index in [0.717, 1.165) is 86.8 Å². The summed E-state index contributed by atoms with van der Waals surface area (Å²) < 4.78 is 22.5. The van der Waals surface area contributed by atoms with E-state index in [9.17, 15) is 9.90 Å². The first kappa shape index (κ1) is 60.3. The van der Waals surface area contributed by atoms with Crippen molar-refractivity contribution in [3.63, 3.8) is 0 Å². The van der Waals surface area contributed by atoms with Crippen LogP contribution in [-0.2, 0) is 23.1 Å². The van der Waals surface area contributed by atoms with Gasteiger partial charge >= 0.3 is 5.97 Å². The number of benzene rings is 7. The van der Waals surface area contributed by atoms with Crippen molar-refractivity contribution < 1.29 is 19.4 Å². The van der Waals surface area contributed by atoms with Gasteiger partial charge in [0.2, 0.25) is 0 Å². The van der Waals surface area contributed by atoms with E-state index >= 15 is 0 Å². The number of hydrogen-bond acceptors (Lipinski definition) is 8. The highest BCUT2D eigenvalue weighted by atomic mass is 32.1. The molecular weight excluding hydrogens is 1080 g/mol. The van der Waals surface area contributed by atoms with Crippen molar-refractivity contribution in [3.05, 3.63) is 214 Å². The van der Waals surface area contributed by atoms with Crippen LogP contribution in [0.3, 0.4) is 0 Å². The van der Waals surface area contributed by atoms with E-state index in [1.54, 1.807) is 0 Å². The van der Waals surface area contributed by atoms with Gasteiger partial charge in [-0.05, 0) is 161 Å². The molecule has 0 saturated carbocycles. The quantitative estimate of drug-likeness (QED) is 0.0263. The summed E-state index contributed by atoms with van der Waals surface area (Å²) in [5.74, 6) is 0.508. The summed E-state index contributed by atoms with van der Waals surface area (Å²) in [6.07, 6.45) is 22.5. The number of unbranched alkanes of at least 4 members (excludes halogenated alkanes) is 12. The Kier molecular flexibility index (Phi) is 20.8. The molecule has 1 aliphatic rings. The zero-order valence-electron chi connectivity index (χ0n) is 50.0. The number of anilines is 3. The van der Waals surface area contributed by atoms with Gasteiger partial charge in [-0.3, -0.25) is 4.79 Å². The molecule has 2 aromatic heterocycles. The largest absolute Gasteiger partial charge is 0.494 e. The highest BCUT2D eigenvalue weighted by molar-refractivity contribution is 7.19. The van der Waals surface area contributed by atoms with Crippen molar-refractivity contribution in [2.24, 2.45) is 0 Å². The van der Waals surface area contributed by atoms with Gasteiger partial charge in [0.15, 0.2) is 0 Å². The maximum absolute atomic E-state index is 11.6. The van der Waals surface area contributed by atoms with Crippen LogP contribution in [0.2, 0.25) is 0 Å². The summed E-state index contributed by atoms with van der Waals surface area (Å²) >= 11 is 3.04. The second kappa shape index (κ2) is 29.3. The molecule has 0 spiro atoms. The van der Waals surface area contributed by atoms with Crippen LogP contribution in [0.25, 0.3) is 54.0 Å². The molecule has 0 bridgehead atoms. The average molecular weight is 1170 g/mol. The molecule has 0 amide bonds. The van der Waals surface area contributed by atoms with Crippen LogP contribution < -0.4 is 14.4 Å². The zero-order chi connectivity index (χ0) is 59.0. The number of carboxylic acids is 1. The fourth-order valence-electron chi connectivity index (χ4n) is 12.1. The first-order valence-electron chi connectivity index (χ1n) is 31.2. The minimum Gasteiger partial charge on any atom is -0.494 e. The average Bonchev–Trinajstić information content (AvgIpc) is 1.57. The molecule has 436 valence electrons. The number of aromatic nitrogens is 2. The number of nitrogens with zero attached hydrogens (tertiary/aromatic N) is 4. The SMILES string of the molecule is [C-]#[N+]/C(=C\c1ccc(-c2ccc(-c3cc4c(s3)-c3ccc(N(c5ccc(OCCCCCC)cc5)c5ccc(OCCCCCC)cc5)cc3C4(c3ccc(CCCCCC)cc3)c3ccc(CCCCCC)cc3)c3nsnc23)cc1)C(=O)O. The van der Waals surface area contributed by atoms with Crippen molar-refractivity contribution in [1.82, 2.24) is 8.75 Å². The minimum atomic E-state index is -1.24. The Hall–Kier alpha value is -7.84. The molecule has 85 heavy (non-hydrogen) atoms. The molecule has 10 rings (SSSR count). The van der Waals surface area contributed by atoms with Gasteiger partial charge in [0.05, 0.1) is 36.9 Å². The van der Waals surface area contributed by atoms with Crippen LogP contribution >= 0.6 is 23.1 Å². The van der Waals surface area contributed by atoms with Crippen LogP contribution in [-0.4, -0.2) is 33.0 Å². The van der Waals surface area contributed by atoms with E-state index in [4.69, 9.17) is 24.8 Å². The van der Waals surface area contributed by atoms with Gasteiger partial charge in [-0.2, -0.15) is 8.75 Å². The third-order valence-corrected chi connectivity index (χ3v) is 18.5. The van der Waals surface area contributed by atoms with Crippen LogP contribution in [0.4, 0.5) is 17.1 Å². The van der Waals surface area contributed by atoms with Crippen LogP contribution in [0.15, 0.2) is 163 Å². The van der Waals surface area contributed by atoms with Crippen molar-refractivity contribution in [3.8, 4) is 43.5 Å². The van der Waals surface area contributed by atoms with E-state index in [1.807, 2.05) is 35.6 Å². The molecule has 0 unspecified atom stereocenters. The van der Waals surface area contributed by atoms with Gasteiger partial charge in [-0.15, -0.1) is 11.3 Å². The number of thiophene rings is 1.